The summed E-state index contributed by atoms with van der Waals surface area (Å²) < 4.78 is 5.06. The van der Waals surface area contributed by atoms with Crippen molar-refractivity contribution < 1.29 is 19.2 Å². The van der Waals surface area contributed by atoms with Gasteiger partial charge in [0.1, 0.15) is 5.54 Å². The van der Waals surface area contributed by atoms with Crippen LogP contribution in [0.15, 0.2) is 28.8 Å². The molecule has 1 saturated carbocycles. The zero-order chi connectivity index (χ0) is 17.2. The van der Waals surface area contributed by atoms with Crippen LogP contribution in [0, 0.1) is 6.92 Å². The van der Waals surface area contributed by atoms with Gasteiger partial charge < -0.3 is 14.9 Å². The molecule has 1 fully saturated rings. The summed E-state index contributed by atoms with van der Waals surface area (Å²) in [7, 11) is 0. The van der Waals surface area contributed by atoms with Crippen LogP contribution in [-0.4, -0.2) is 27.1 Å². The highest BCUT2D eigenvalue weighted by Crippen LogP contribution is 2.37. The minimum Gasteiger partial charge on any atom is -0.478 e. The number of nitrogens with zero attached hydrogens (tertiary/aromatic N) is 2. The molecule has 0 bridgehead atoms. The number of carbonyl (C=O) groups is 2. The van der Waals surface area contributed by atoms with Crippen molar-refractivity contribution in [3.63, 3.8) is 0 Å². The highest BCUT2D eigenvalue weighted by Gasteiger charge is 2.41. The van der Waals surface area contributed by atoms with Crippen molar-refractivity contribution in [2.24, 2.45) is 0 Å². The first-order valence-corrected chi connectivity index (χ1v) is 7.93. The van der Waals surface area contributed by atoms with Crippen LogP contribution in [-0.2, 0) is 16.8 Å². The van der Waals surface area contributed by atoms with E-state index < -0.39 is 11.5 Å². The summed E-state index contributed by atoms with van der Waals surface area (Å²) in [6.07, 6.45) is 3.44. The van der Waals surface area contributed by atoms with Crippen LogP contribution < -0.4 is 5.32 Å². The second-order valence-electron chi connectivity index (χ2n) is 6.11. The molecule has 126 valence electrons. The average molecular weight is 329 g/mol. The average Bonchev–Trinajstić information content (AvgIpc) is 3.17. The number of aryl methyl sites for hydroxylation is 1. The first-order chi connectivity index (χ1) is 11.5. The number of carboxylic acid groups (broad SMARTS) is 1. The van der Waals surface area contributed by atoms with Gasteiger partial charge in [-0.1, -0.05) is 36.2 Å². The Kier molecular flexibility index (Phi) is 4.33. The molecule has 1 aliphatic rings. The minimum absolute atomic E-state index is 0.00105. The fraction of sp³-hybridized carbons (Fsp3) is 0.412. The van der Waals surface area contributed by atoms with Gasteiger partial charge in [-0.2, -0.15) is 4.98 Å². The standard InChI is InChI=1S/C17H19N3O4/c1-11-18-16(20-24-11)17(8-4-5-9-17)19-14(21)10-12-6-2-3-7-13(12)15(22)23/h2-3,6-7H,4-5,8-10H2,1H3,(H,19,21)(H,22,23). The van der Waals surface area contributed by atoms with Gasteiger partial charge in [0.25, 0.3) is 0 Å². The summed E-state index contributed by atoms with van der Waals surface area (Å²) in [6.45, 7) is 1.71. The first kappa shape index (κ1) is 16.2. The van der Waals surface area contributed by atoms with E-state index in [-0.39, 0.29) is 17.9 Å². The van der Waals surface area contributed by atoms with Crippen LogP contribution in [0.1, 0.15) is 53.3 Å². The summed E-state index contributed by atoms with van der Waals surface area (Å²) in [5, 5.41) is 16.2. The number of hydrogen-bond donors (Lipinski definition) is 2. The monoisotopic (exact) mass is 329 g/mol. The SMILES string of the molecule is Cc1nc(C2(NC(=O)Cc3ccccc3C(=O)O)CCCC2)no1. The molecule has 0 saturated heterocycles. The maximum Gasteiger partial charge on any atom is 0.335 e. The lowest BCUT2D eigenvalue weighted by molar-refractivity contribution is -0.122. The van der Waals surface area contributed by atoms with Crippen LogP contribution in [0.2, 0.25) is 0 Å². The van der Waals surface area contributed by atoms with E-state index in [0.717, 1.165) is 25.7 Å². The van der Waals surface area contributed by atoms with Crippen LogP contribution in [0.4, 0.5) is 0 Å². The lowest BCUT2D eigenvalue weighted by atomic mass is 9.95. The molecule has 0 atom stereocenters. The number of carboxylic acids is 1. The van der Waals surface area contributed by atoms with Crippen molar-refractivity contribution in [1.82, 2.24) is 15.5 Å². The van der Waals surface area contributed by atoms with Crippen molar-refractivity contribution in [2.75, 3.05) is 0 Å². The van der Waals surface area contributed by atoms with Gasteiger partial charge in [0, 0.05) is 6.92 Å². The maximum atomic E-state index is 12.5. The van der Waals surface area contributed by atoms with Gasteiger partial charge in [-0.15, -0.1) is 0 Å². The van der Waals surface area contributed by atoms with E-state index in [1.165, 1.54) is 6.07 Å². The quantitative estimate of drug-likeness (QED) is 0.871. The maximum absolute atomic E-state index is 12.5. The normalized spacial score (nSPS) is 16.0. The van der Waals surface area contributed by atoms with E-state index in [2.05, 4.69) is 15.5 Å². The number of hydrogen-bond acceptors (Lipinski definition) is 5. The Morgan fingerprint density at radius 1 is 1.29 bits per heavy atom. The topological polar surface area (TPSA) is 105 Å². The molecule has 0 aliphatic heterocycles. The second kappa shape index (κ2) is 6.43. The summed E-state index contributed by atoms with van der Waals surface area (Å²) in [5.74, 6) is -0.324. The minimum atomic E-state index is -1.04. The van der Waals surface area contributed by atoms with Crippen molar-refractivity contribution >= 4 is 11.9 Å². The highest BCUT2D eigenvalue weighted by molar-refractivity contribution is 5.91. The van der Waals surface area contributed by atoms with E-state index >= 15 is 0 Å². The predicted molar refractivity (Wildman–Crippen MR) is 84.4 cm³/mol. The number of amides is 1. The van der Waals surface area contributed by atoms with Crippen LogP contribution in [0.5, 0.6) is 0 Å². The zero-order valence-corrected chi connectivity index (χ0v) is 13.4. The summed E-state index contributed by atoms with van der Waals surface area (Å²) in [4.78, 5) is 28.1. The van der Waals surface area contributed by atoms with Crippen molar-refractivity contribution in [3.8, 4) is 0 Å². The lowest BCUT2D eigenvalue weighted by Crippen LogP contribution is -2.45. The number of benzene rings is 1. The summed E-state index contributed by atoms with van der Waals surface area (Å²) in [6, 6.07) is 6.52. The molecule has 2 aromatic rings. The fourth-order valence-electron chi connectivity index (χ4n) is 3.24. The third-order valence-electron chi connectivity index (χ3n) is 4.39. The summed E-state index contributed by atoms with van der Waals surface area (Å²) >= 11 is 0. The van der Waals surface area contributed by atoms with Gasteiger partial charge in [0.2, 0.25) is 11.8 Å². The summed E-state index contributed by atoms with van der Waals surface area (Å²) in [5.41, 5.74) is 0.0102. The van der Waals surface area contributed by atoms with E-state index in [0.29, 0.717) is 17.3 Å². The Morgan fingerprint density at radius 3 is 2.62 bits per heavy atom. The molecular weight excluding hydrogens is 310 g/mol. The lowest BCUT2D eigenvalue weighted by Gasteiger charge is -2.26. The molecule has 1 aromatic heterocycles. The van der Waals surface area contributed by atoms with E-state index in [1.807, 2.05) is 0 Å². The number of nitrogens with one attached hydrogen (secondary N) is 1. The van der Waals surface area contributed by atoms with E-state index in [9.17, 15) is 14.7 Å². The van der Waals surface area contributed by atoms with Crippen molar-refractivity contribution in [1.29, 1.82) is 0 Å². The van der Waals surface area contributed by atoms with Crippen molar-refractivity contribution in [2.45, 2.75) is 44.6 Å². The second-order valence-corrected chi connectivity index (χ2v) is 6.11. The largest absolute Gasteiger partial charge is 0.478 e. The van der Waals surface area contributed by atoms with E-state index in [1.54, 1.807) is 25.1 Å². The Bertz CT molecular complexity index is 763. The third-order valence-corrected chi connectivity index (χ3v) is 4.39. The molecule has 3 rings (SSSR count). The first-order valence-electron chi connectivity index (χ1n) is 7.93. The number of aromatic nitrogens is 2. The predicted octanol–water partition coefficient (Wildman–Crippen LogP) is 2.20. The molecule has 2 N–H and O–H groups in total. The van der Waals surface area contributed by atoms with Gasteiger partial charge in [0.05, 0.1) is 12.0 Å². The van der Waals surface area contributed by atoms with Gasteiger partial charge in [-0.25, -0.2) is 4.79 Å². The Morgan fingerprint density at radius 2 is 2.00 bits per heavy atom. The Labute approximate surface area is 139 Å². The van der Waals surface area contributed by atoms with Gasteiger partial charge in [-0.3, -0.25) is 4.79 Å². The molecule has 0 spiro atoms. The van der Waals surface area contributed by atoms with Gasteiger partial charge in [0.15, 0.2) is 5.82 Å². The third kappa shape index (κ3) is 3.15. The smallest absolute Gasteiger partial charge is 0.335 e. The molecule has 7 nitrogen and oxygen atoms in total. The number of rotatable bonds is 5. The molecule has 1 heterocycles. The fourth-order valence-corrected chi connectivity index (χ4v) is 3.24. The molecule has 1 aromatic carbocycles. The van der Waals surface area contributed by atoms with E-state index in [4.69, 9.17) is 4.52 Å². The van der Waals surface area contributed by atoms with Gasteiger partial charge in [-0.05, 0) is 24.5 Å². The zero-order valence-electron chi connectivity index (χ0n) is 13.4. The molecule has 1 amide bonds. The highest BCUT2D eigenvalue weighted by atomic mass is 16.5. The van der Waals surface area contributed by atoms with Gasteiger partial charge >= 0.3 is 5.97 Å². The molecule has 1 aliphatic carbocycles. The Balaban J connectivity index is 1.79. The van der Waals surface area contributed by atoms with Crippen LogP contribution >= 0.6 is 0 Å². The van der Waals surface area contributed by atoms with Crippen molar-refractivity contribution in [3.05, 3.63) is 47.1 Å². The van der Waals surface area contributed by atoms with Crippen LogP contribution in [0.3, 0.4) is 0 Å². The Hall–Kier alpha value is -2.70. The molecular formula is C17H19N3O4. The molecule has 7 heteroatoms. The molecule has 0 radical (unpaired) electrons. The number of aromatic carboxylic acids is 1. The molecule has 0 unspecified atom stereocenters. The number of carbonyl (C=O) groups excluding carboxylic acids is 1. The van der Waals surface area contributed by atoms with Crippen LogP contribution in [0.25, 0.3) is 0 Å². The molecule has 24 heavy (non-hydrogen) atoms.